The third kappa shape index (κ3) is 7.90. The van der Waals surface area contributed by atoms with Gasteiger partial charge in [-0.25, -0.2) is 17.5 Å². The number of benzene rings is 1. The lowest BCUT2D eigenvalue weighted by Gasteiger charge is -2.26. The largest absolute Gasteiger partial charge is 0.381 e. The van der Waals surface area contributed by atoms with Crippen molar-refractivity contribution in [1.29, 1.82) is 0 Å². The van der Waals surface area contributed by atoms with Crippen LogP contribution in [0.1, 0.15) is 47.5 Å². The first-order valence-corrected chi connectivity index (χ1v) is 9.27. The molecule has 0 saturated carbocycles. The quantitative estimate of drug-likeness (QED) is 0.731. The molecule has 0 atom stereocenters. The molecule has 1 N–H and O–H groups in total. The van der Waals surface area contributed by atoms with Gasteiger partial charge in [-0.05, 0) is 50.3 Å². The Balaban J connectivity index is 2.54. The predicted molar refractivity (Wildman–Crippen MR) is 90.3 cm³/mol. The summed E-state index contributed by atoms with van der Waals surface area (Å²) < 4.78 is 46.1. The van der Waals surface area contributed by atoms with Crippen molar-refractivity contribution in [3.63, 3.8) is 0 Å². The summed E-state index contributed by atoms with van der Waals surface area (Å²) in [5.74, 6) is -0.568. The van der Waals surface area contributed by atoms with Gasteiger partial charge in [-0.2, -0.15) is 0 Å². The van der Waals surface area contributed by atoms with Gasteiger partial charge in [-0.3, -0.25) is 0 Å². The standard InChI is InChI=1S/C17H28FNO3S/c1-16(2,3)13-22-11-7-10-17(4,5)19-23(20,21)15-9-6-8-14(18)12-15/h6,8-9,12,19H,7,10-11,13H2,1-5H3. The SMILES string of the molecule is CC(C)(C)COCCCC(C)(C)NS(=O)(=O)c1cccc(F)c1. The Kier molecular flexibility index (Phi) is 6.74. The third-order valence-electron chi connectivity index (χ3n) is 3.14. The van der Waals surface area contributed by atoms with E-state index in [2.05, 4.69) is 25.5 Å². The number of rotatable bonds is 8. The van der Waals surface area contributed by atoms with Gasteiger partial charge in [-0.15, -0.1) is 0 Å². The zero-order chi connectivity index (χ0) is 17.7. The zero-order valence-electron chi connectivity index (χ0n) is 14.6. The molecule has 132 valence electrons. The maximum Gasteiger partial charge on any atom is 0.241 e. The van der Waals surface area contributed by atoms with Crippen molar-refractivity contribution in [3.8, 4) is 0 Å². The van der Waals surface area contributed by atoms with Gasteiger partial charge in [0, 0.05) is 12.1 Å². The molecule has 0 radical (unpaired) electrons. The second kappa shape index (κ2) is 7.73. The molecule has 6 heteroatoms. The summed E-state index contributed by atoms with van der Waals surface area (Å²) in [6.07, 6.45) is 1.38. The Morgan fingerprint density at radius 3 is 2.39 bits per heavy atom. The fourth-order valence-electron chi connectivity index (χ4n) is 2.10. The Morgan fingerprint density at radius 1 is 1.17 bits per heavy atom. The van der Waals surface area contributed by atoms with E-state index in [-0.39, 0.29) is 10.3 Å². The van der Waals surface area contributed by atoms with Gasteiger partial charge < -0.3 is 4.74 Å². The second-order valence-electron chi connectivity index (χ2n) is 7.66. The number of hydrogen-bond donors (Lipinski definition) is 1. The van der Waals surface area contributed by atoms with Crippen molar-refractivity contribution >= 4 is 10.0 Å². The van der Waals surface area contributed by atoms with Crippen LogP contribution in [0.25, 0.3) is 0 Å². The van der Waals surface area contributed by atoms with E-state index in [9.17, 15) is 12.8 Å². The molecule has 1 aromatic carbocycles. The number of hydrogen-bond acceptors (Lipinski definition) is 3. The molecule has 0 amide bonds. The van der Waals surface area contributed by atoms with Crippen molar-refractivity contribution < 1.29 is 17.5 Å². The molecule has 0 aromatic heterocycles. The predicted octanol–water partition coefficient (Wildman–Crippen LogP) is 3.73. The van der Waals surface area contributed by atoms with Crippen LogP contribution in [0.2, 0.25) is 0 Å². The van der Waals surface area contributed by atoms with E-state index >= 15 is 0 Å². The molecule has 1 aromatic rings. The van der Waals surface area contributed by atoms with Gasteiger partial charge in [-0.1, -0.05) is 26.8 Å². The smallest absolute Gasteiger partial charge is 0.241 e. The molecule has 0 saturated heterocycles. The average molecular weight is 345 g/mol. The Labute approximate surface area is 139 Å². The lowest BCUT2D eigenvalue weighted by Crippen LogP contribution is -2.43. The summed E-state index contributed by atoms with van der Waals surface area (Å²) in [5, 5.41) is 0. The Morgan fingerprint density at radius 2 is 1.83 bits per heavy atom. The molecule has 0 aliphatic heterocycles. The number of ether oxygens (including phenoxy) is 1. The summed E-state index contributed by atoms with van der Waals surface area (Å²) >= 11 is 0. The molecule has 23 heavy (non-hydrogen) atoms. The maximum atomic E-state index is 13.2. The normalized spacial score (nSPS) is 13.3. The van der Waals surface area contributed by atoms with Crippen molar-refractivity contribution in [3.05, 3.63) is 30.1 Å². The van der Waals surface area contributed by atoms with Gasteiger partial charge in [0.15, 0.2) is 0 Å². The van der Waals surface area contributed by atoms with Gasteiger partial charge in [0.05, 0.1) is 11.5 Å². The van der Waals surface area contributed by atoms with E-state index < -0.39 is 21.4 Å². The minimum atomic E-state index is -3.74. The van der Waals surface area contributed by atoms with Crippen LogP contribution < -0.4 is 4.72 Å². The molecular weight excluding hydrogens is 317 g/mol. The first-order chi connectivity index (χ1) is 10.4. The summed E-state index contributed by atoms with van der Waals surface area (Å²) in [5.41, 5.74) is -0.509. The van der Waals surface area contributed by atoms with Crippen molar-refractivity contribution in [1.82, 2.24) is 4.72 Å². The minimum absolute atomic E-state index is 0.0606. The van der Waals surface area contributed by atoms with Crippen LogP contribution in [-0.4, -0.2) is 27.2 Å². The summed E-state index contributed by atoms with van der Waals surface area (Å²) in [4.78, 5) is -0.0606. The highest BCUT2D eigenvalue weighted by atomic mass is 32.2. The molecular formula is C17H28FNO3S. The molecule has 0 bridgehead atoms. The first-order valence-electron chi connectivity index (χ1n) is 7.79. The van der Waals surface area contributed by atoms with E-state index in [0.717, 1.165) is 12.5 Å². The van der Waals surface area contributed by atoms with Crippen molar-refractivity contribution in [2.45, 2.75) is 57.9 Å². The van der Waals surface area contributed by atoms with Gasteiger partial charge in [0.1, 0.15) is 5.82 Å². The Bertz CT molecular complexity index is 607. The highest BCUT2D eigenvalue weighted by Gasteiger charge is 2.26. The van der Waals surface area contributed by atoms with Crippen LogP contribution in [0.4, 0.5) is 4.39 Å². The molecule has 1 rings (SSSR count). The molecule has 0 aliphatic rings. The van der Waals surface area contributed by atoms with E-state index in [0.29, 0.717) is 19.6 Å². The van der Waals surface area contributed by atoms with Crippen LogP contribution in [0.15, 0.2) is 29.2 Å². The number of sulfonamides is 1. The van der Waals surface area contributed by atoms with Crippen LogP contribution in [0.5, 0.6) is 0 Å². The lowest BCUT2D eigenvalue weighted by molar-refractivity contribution is 0.0664. The lowest BCUT2D eigenvalue weighted by atomic mass is 9.98. The van der Waals surface area contributed by atoms with Crippen molar-refractivity contribution in [2.75, 3.05) is 13.2 Å². The van der Waals surface area contributed by atoms with Crippen LogP contribution in [0.3, 0.4) is 0 Å². The summed E-state index contributed by atoms with van der Waals surface area (Å²) in [6.45, 7) is 11.2. The number of nitrogens with one attached hydrogen (secondary N) is 1. The average Bonchev–Trinajstić information content (AvgIpc) is 2.35. The van der Waals surface area contributed by atoms with Gasteiger partial charge in [0.2, 0.25) is 10.0 Å². The van der Waals surface area contributed by atoms with Crippen molar-refractivity contribution in [2.24, 2.45) is 5.41 Å². The number of halogens is 1. The highest BCUT2D eigenvalue weighted by Crippen LogP contribution is 2.18. The van der Waals surface area contributed by atoms with E-state index in [1.165, 1.54) is 18.2 Å². The van der Waals surface area contributed by atoms with Gasteiger partial charge >= 0.3 is 0 Å². The monoisotopic (exact) mass is 345 g/mol. The van der Waals surface area contributed by atoms with Gasteiger partial charge in [0.25, 0.3) is 0 Å². The molecule has 0 heterocycles. The van der Waals surface area contributed by atoms with E-state index in [1.807, 2.05) is 13.8 Å². The first kappa shape index (κ1) is 20.1. The fourth-order valence-corrected chi connectivity index (χ4v) is 3.58. The highest BCUT2D eigenvalue weighted by molar-refractivity contribution is 7.89. The maximum absolute atomic E-state index is 13.2. The van der Waals surface area contributed by atoms with Crippen LogP contribution in [0, 0.1) is 11.2 Å². The van der Waals surface area contributed by atoms with E-state index in [4.69, 9.17) is 4.74 Å². The fraction of sp³-hybridized carbons (Fsp3) is 0.647. The minimum Gasteiger partial charge on any atom is -0.381 e. The second-order valence-corrected chi connectivity index (χ2v) is 9.35. The summed E-state index contributed by atoms with van der Waals surface area (Å²) in [7, 11) is -3.74. The molecule has 4 nitrogen and oxygen atoms in total. The zero-order valence-corrected chi connectivity index (χ0v) is 15.5. The third-order valence-corrected chi connectivity index (χ3v) is 4.84. The van der Waals surface area contributed by atoms with Crippen LogP contribution in [-0.2, 0) is 14.8 Å². The summed E-state index contributed by atoms with van der Waals surface area (Å²) in [6, 6.07) is 5.01. The topological polar surface area (TPSA) is 55.4 Å². The molecule has 0 spiro atoms. The molecule has 0 fully saturated rings. The molecule has 0 unspecified atom stereocenters. The van der Waals surface area contributed by atoms with E-state index in [1.54, 1.807) is 0 Å². The molecule has 0 aliphatic carbocycles. The van der Waals surface area contributed by atoms with Crippen LogP contribution >= 0.6 is 0 Å². The Hall–Kier alpha value is -0.980.